The molecule has 0 spiro atoms. The van der Waals surface area contributed by atoms with Crippen LogP contribution in [-0.4, -0.2) is 11.1 Å². The third kappa shape index (κ3) is 2.72. The van der Waals surface area contributed by atoms with Gasteiger partial charge in [0.25, 0.3) is 5.91 Å². The van der Waals surface area contributed by atoms with Crippen LogP contribution in [0.1, 0.15) is 16.1 Å². The zero-order valence-electron chi connectivity index (χ0n) is 7.87. The maximum absolute atomic E-state index is 11.8. The van der Waals surface area contributed by atoms with Crippen molar-refractivity contribution in [3.05, 3.63) is 37.2 Å². The highest BCUT2D eigenvalue weighted by Gasteiger charge is 2.13. The first-order valence-electron chi connectivity index (χ1n) is 4.29. The fourth-order valence-electron chi connectivity index (χ4n) is 1.09. The summed E-state index contributed by atoms with van der Waals surface area (Å²) in [5.74, 6) is 0.476. The average molecular weight is 366 g/mol. The molecule has 2 heterocycles. The summed E-state index contributed by atoms with van der Waals surface area (Å²) in [6.45, 7) is 0.332. The van der Waals surface area contributed by atoms with Crippen molar-refractivity contribution in [3.63, 3.8) is 0 Å². The van der Waals surface area contributed by atoms with Gasteiger partial charge in [0.05, 0.1) is 25.9 Å². The van der Waals surface area contributed by atoms with Gasteiger partial charge in [-0.05, 0) is 37.9 Å². The lowest BCUT2D eigenvalue weighted by molar-refractivity contribution is 0.0947. The van der Waals surface area contributed by atoms with Crippen molar-refractivity contribution in [2.45, 2.75) is 6.54 Å². The van der Waals surface area contributed by atoms with Crippen molar-refractivity contribution < 1.29 is 9.32 Å². The van der Waals surface area contributed by atoms with E-state index >= 15 is 0 Å². The summed E-state index contributed by atoms with van der Waals surface area (Å²) in [6.07, 6.45) is 1.54. The maximum Gasteiger partial charge on any atom is 0.253 e. The van der Waals surface area contributed by atoms with E-state index in [-0.39, 0.29) is 5.91 Å². The van der Waals surface area contributed by atoms with Crippen molar-refractivity contribution in [3.8, 4) is 0 Å². The molecule has 0 aliphatic carbocycles. The minimum atomic E-state index is -0.148. The number of nitrogens with zero attached hydrogens (tertiary/aromatic N) is 1. The monoisotopic (exact) mass is 364 g/mol. The lowest BCUT2D eigenvalue weighted by atomic mass is 10.3. The second-order valence-corrected chi connectivity index (χ2v) is 6.65. The number of halogens is 2. The molecule has 0 bridgehead atoms. The Hall–Kier alpha value is -0.660. The molecule has 0 saturated heterocycles. The third-order valence-electron chi connectivity index (χ3n) is 1.82. The summed E-state index contributed by atoms with van der Waals surface area (Å²) in [5.41, 5.74) is 0.608. The summed E-state index contributed by atoms with van der Waals surface area (Å²) >= 11 is 8.11. The van der Waals surface area contributed by atoms with Crippen LogP contribution in [-0.2, 0) is 6.54 Å². The van der Waals surface area contributed by atoms with E-state index in [9.17, 15) is 4.79 Å². The quantitative estimate of drug-likeness (QED) is 0.908. The molecule has 2 rings (SSSR count). The van der Waals surface area contributed by atoms with E-state index in [0.29, 0.717) is 17.9 Å². The summed E-state index contributed by atoms with van der Waals surface area (Å²) in [5, 5.41) is 6.29. The Balaban J connectivity index is 2.01. The Morgan fingerprint density at radius 3 is 2.94 bits per heavy atom. The number of hydrogen-bond acceptors (Lipinski definition) is 4. The smallest absolute Gasteiger partial charge is 0.253 e. The number of rotatable bonds is 3. The SMILES string of the molecule is O=C(NCc1ccno1)c1cc(Br)sc1Br. The first kappa shape index (κ1) is 11.8. The molecule has 84 valence electrons. The van der Waals surface area contributed by atoms with Crippen LogP contribution in [0.4, 0.5) is 0 Å². The molecule has 2 aromatic heterocycles. The minimum Gasteiger partial charge on any atom is -0.360 e. The molecule has 0 atom stereocenters. The molecule has 0 aromatic carbocycles. The van der Waals surface area contributed by atoms with E-state index in [2.05, 4.69) is 42.3 Å². The van der Waals surface area contributed by atoms with Crippen LogP contribution in [0.2, 0.25) is 0 Å². The molecule has 16 heavy (non-hydrogen) atoms. The highest BCUT2D eigenvalue weighted by atomic mass is 79.9. The van der Waals surface area contributed by atoms with Crippen LogP contribution in [0.3, 0.4) is 0 Å². The van der Waals surface area contributed by atoms with Crippen molar-refractivity contribution in [2.24, 2.45) is 0 Å². The van der Waals surface area contributed by atoms with E-state index < -0.39 is 0 Å². The fourth-order valence-corrected chi connectivity index (χ4v) is 3.88. The zero-order chi connectivity index (χ0) is 11.5. The first-order chi connectivity index (χ1) is 7.66. The number of thiophene rings is 1. The van der Waals surface area contributed by atoms with E-state index in [1.807, 2.05) is 0 Å². The zero-order valence-corrected chi connectivity index (χ0v) is 11.9. The maximum atomic E-state index is 11.8. The van der Waals surface area contributed by atoms with Gasteiger partial charge in [0.2, 0.25) is 0 Å². The number of amides is 1. The van der Waals surface area contributed by atoms with Crippen molar-refractivity contribution in [2.75, 3.05) is 0 Å². The molecule has 0 radical (unpaired) electrons. The fraction of sp³-hybridized carbons (Fsp3) is 0.111. The molecule has 2 aromatic rings. The number of carbonyl (C=O) groups excluding carboxylic acids is 1. The van der Waals surface area contributed by atoms with Gasteiger partial charge in [-0.25, -0.2) is 0 Å². The Morgan fingerprint density at radius 2 is 2.38 bits per heavy atom. The topological polar surface area (TPSA) is 55.1 Å². The van der Waals surface area contributed by atoms with Crippen molar-refractivity contribution >= 4 is 49.1 Å². The lowest BCUT2D eigenvalue weighted by Crippen LogP contribution is -2.22. The van der Waals surface area contributed by atoms with E-state index in [1.54, 1.807) is 18.3 Å². The summed E-state index contributed by atoms with van der Waals surface area (Å²) < 4.78 is 6.58. The van der Waals surface area contributed by atoms with Crippen LogP contribution >= 0.6 is 43.2 Å². The minimum absolute atomic E-state index is 0.148. The van der Waals surface area contributed by atoms with Gasteiger partial charge >= 0.3 is 0 Å². The average Bonchev–Trinajstić information content (AvgIpc) is 2.84. The van der Waals surface area contributed by atoms with Crippen molar-refractivity contribution in [1.82, 2.24) is 10.5 Å². The summed E-state index contributed by atoms with van der Waals surface area (Å²) in [6, 6.07) is 3.48. The van der Waals surface area contributed by atoms with Crippen LogP contribution in [0.15, 0.2) is 30.4 Å². The largest absolute Gasteiger partial charge is 0.360 e. The normalized spacial score (nSPS) is 10.4. The van der Waals surface area contributed by atoms with Crippen LogP contribution in [0, 0.1) is 0 Å². The number of aromatic nitrogens is 1. The first-order valence-corrected chi connectivity index (χ1v) is 6.69. The Bertz CT molecular complexity index is 496. The molecule has 0 aliphatic heterocycles. The molecule has 0 fully saturated rings. The molecule has 7 heteroatoms. The second-order valence-electron chi connectivity index (χ2n) is 2.90. The number of carbonyl (C=O) groups is 1. The molecule has 0 aliphatic rings. The molecular formula is C9H6Br2N2O2S. The van der Waals surface area contributed by atoms with Gasteiger partial charge in [-0.15, -0.1) is 11.3 Å². The predicted octanol–water partition coefficient (Wildman–Crippen LogP) is 3.19. The molecule has 4 nitrogen and oxygen atoms in total. The van der Waals surface area contributed by atoms with Gasteiger partial charge in [-0.3, -0.25) is 4.79 Å². The number of nitrogens with one attached hydrogen (secondary N) is 1. The summed E-state index contributed by atoms with van der Waals surface area (Å²) in [4.78, 5) is 11.8. The van der Waals surface area contributed by atoms with Gasteiger partial charge < -0.3 is 9.84 Å². The molecule has 0 saturated carbocycles. The van der Waals surface area contributed by atoms with Gasteiger partial charge in [0.15, 0.2) is 5.76 Å². The van der Waals surface area contributed by atoms with Gasteiger partial charge in [0, 0.05) is 6.07 Å². The second kappa shape index (κ2) is 5.11. The van der Waals surface area contributed by atoms with Gasteiger partial charge in [-0.2, -0.15) is 0 Å². The predicted molar refractivity (Wildman–Crippen MR) is 67.4 cm³/mol. The third-order valence-corrected chi connectivity index (χ3v) is 4.16. The highest BCUT2D eigenvalue weighted by Crippen LogP contribution is 2.31. The standard InChI is InChI=1S/C9H6Br2N2O2S/c10-7-3-6(8(11)16-7)9(14)12-4-5-1-2-13-15-5/h1-3H,4H2,(H,12,14). The van der Waals surface area contributed by atoms with Gasteiger partial charge in [-0.1, -0.05) is 5.16 Å². The van der Waals surface area contributed by atoms with E-state index in [0.717, 1.165) is 7.57 Å². The Kier molecular flexibility index (Phi) is 3.78. The van der Waals surface area contributed by atoms with Crippen LogP contribution in [0.25, 0.3) is 0 Å². The van der Waals surface area contributed by atoms with Crippen LogP contribution in [0.5, 0.6) is 0 Å². The highest BCUT2D eigenvalue weighted by molar-refractivity contribution is 9.12. The van der Waals surface area contributed by atoms with Crippen LogP contribution < -0.4 is 5.32 Å². The van der Waals surface area contributed by atoms with E-state index in [1.165, 1.54) is 11.3 Å². The van der Waals surface area contributed by atoms with E-state index in [4.69, 9.17) is 4.52 Å². The summed E-state index contributed by atoms with van der Waals surface area (Å²) in [7, 11) is 0. The molecule has 1 amide bonds. The Labute approximate surface area is 112 Å². The molecule has 0 unspecified atom stereocenters. The number of hydrogen-bond donors (Lipinski definition) is 1. The Morgan fingerprint density at radius 1 is 1.56 bits per heavy atom. The lowest BCUT2D eigenvalue weighted by Gasteiger charge is -2.00. The van der Waals surface area contributed by atoms with Crippen molar-refractivity contribution in [1.29, 1.82) is 0 Å². The van der Waals surface area contributed by atoms with Gasteiger partial charge in [0.1, 0.15) is 0 Å². The molecule has 1 N–H and O–H groups in total. The molecular weight excluding hydrogens is 360 g/mol.